The molecular weight excluding hydrogens is 192 g/mol. The summed E-state index contributed by atoms with van der Waals surface area (Å²) in [5, 5.41) is 6.80. The summed E-state index contributed by atoms with van der Waals surface area (Å²) < 4.78 is 0. The van der Waals surface area contributed by atoms with Gasteiger partial charge in [-0.25, -0.2) is 4.98 Å². The van der Waals surface area contributed by atoms with Crippen molar-refractivity contribution in [3.05, 3.63) is 16.6 Å². The predicted octanol–water partition coefficient (Wildman–Crippen LogP) is 2.71. The summed E-state index contributed by atoms with van der Waals surface area (Å²) in [7, 11) is 0. The van der Waals surface area contributed by atoms with Crippen LogP contribution in [0.4, 0.5) is 0 Å². The van der Waals surface area contributed by atoms with E-state index < -0.39 is 0 Å². The van der Waals surface area contributed by atoms with Crippen molar-refractivity contribution in [3.8, 4) is 0 Å². The second kappa shape index (κ2) is 6.14. The number of aromatic nitrogens is 1. The van der Waals surface area contributed by atoms with Crippen LogP contribution in [0.3, 0.4) is 0 Å². The molecule has 0 fully saturated rings. The van der Waals surface area contributed by atoms with Crippen LogP contribution in [0.2, 0.25) is 0 Å². The molecule has 0 bridgehead atoms. The van der Waals surface area contributed by atoms with Crippen molar-refractivity contribution in [1.29, 1.82) is 0 Å². The number of hydrogen-bond acceptors (Lipinski definition) is 3. The lowest BCUT2D eigenvalue weighted by molar-refractivity contribution is 0.393. The molecule has 14 heavy (non-hydrogen) atoms. The Hall–Kier alpha value is -0.410. The minimum atomic E-state index is 0.611. The third kappa shape index (κ3) is 3.76. The molecule has 2 nitrogen and oxygen atoms in total. The smallest absolute Gasteiger partial charge is 0.0937 e. The van der Waals surface area contributed by atoms with E-state index in [-0.39, 0.29) is 0 Å². The van der Waals surface area contributed by atoms with E-state index in [0.29, 0.717) is 6.04 Å². The maximum Gasteiger partial charge on any atom is 0.0937 e. The third-order valence-electron chi connectivity index (χ3n) is 2.79. The fourth-order valence-corrected chi connectivity index (χ4v) is 1.96. The van der Waals surface area contributed by atoms with Gasteiger partial charge in [0.25, 0.3) is 0 Å². The topological polar surface area (TPSA) is 24.9 Å². The van der Waals surface area contributed by atoms with Crippen molar-refractivity contribution in [3.63, 3.8) is 0 Å². The second-order valence-corrected chi connectivity index (χ2v) is 4.78. The number of nitrogens with zero attached hydrogens (tertiary/aromatic N) is 1. The van der Waals surface area contributed by atoms with Crippen molar-refractivity contribution in [1.82, 2.24) is 10.3 Å². The van der Waals surface area contributed by atoms with Gasteiger partial charge in [-0.1, -0.05) is 20.3 Å². The van der Waals surface area contributed by atoms with Gasteiger partial charge in [-0.15, -0.1) is 11.3 Å². The minimum absolute atomic E-state index is 0.611. The van der Waals surface area contributed by atoms with Gasteiger partial charge in [-0.05, 0) is 12.8 Å². The first-order valence-electron chi connectivity index (χ1n) is 5.35. The number of thiazole rings is 1. The van der Waals surface area contributed by atoms with Crippen LogP contribution in [0.1, 0.15) is 32.2 Å². The lowest BCUT2D eigenvalue weighted by Gasteiger charge is -2.19. The maximum absolute atomic E-state index is 4.26. The van der Waals surface area contributed by atoms with Gasteiger partial charge >= 0.3 is 0 Å². The fourth-order valence-electron chi connectivity index (χ4n) is 1.34. The van der Waals surface area contributed by atoms with Crippen LogP contribution in [0, 0.1) is 5.92 Å². The van der Waals surface area contributed by atoms with Gasteiger partial charge < -0.3 is 5.32 Å². The zero-order valence-corrected chi connectivity index (χ0v) is 10.1. The first-order chi connectivity index (χ1) is 6.74. The van der Waals surface area contributed by atoms with E-state index in [1.807, 2.05) is 11.6 Å². The van der Waals surface area contributed by atoms with Crippen LogP contribution in [0.5, 0.6) is 0 Å². The van der Waals surface area contributed by atoms with Crippen LogP contribution < -0.4 is 5.32 Å². The van der Waals surface area contributed by atoms with Crippen molar-refractivity contribution < 1.29 is 0 Å². The molecule has 80 valence electrons. The van der Waals surface area contributed by atoms with Crippen LogP contribution in [-0.4, -0.2) is 17.6 Å². The van der Waals surface area contributed by atoms with Gasteiger partial charge in [0.1, 0.15) is 0 Å². The van der Waals surface area contributed by atoms with E-state index in [2.05, 4.69) is 31.1 Å². The molecule has 1 heterocycles. The van der Waals surface area contributed by atoms with E-state index in [1.54, 1.807) is 11.3 Å². The summed E-state index contributed by atoms with van der Waals surface area (Å²) in [6.45, 7) is 7.83. The molecule has 0 aromatic carbocycles. The molecule has 0 radical (unpaired) electrons. The normalized spacial score (nSPS) is 15.4. The highest BCUT2D eigenvalue weighted by atomic mass is 32.1. The van der Waals surface area contributed by atoms with Crippen LogP contribution in [0.25, 0.3) is 0 Å². The summed E-state index contributed by atoms with van der Waals surface area (Å²) in [6.07, 6.45) is 4.17. The van der Waals surface area contributed by atoms with Crippen molar-refractivity contribution in [2.45, 2.75) is 39.7 Å². The van der Waals surface area contributed by atoms with E-state index in [9.17, 15) is 0 Å². The maximum atomic E-state index is 4.26. The molecule has 1 aromatic heterocycles. The lowest BCUT2D eigenvalue weighted by Crippen LogP contribution is -2.33. The lowest BCUT2D eigenvalue weighted by atomic mass is 10.0. The summed E-state index contributed by atoms with van der Waals surface area (Å²) in [4.78, 5) is 4.26. The molecule has 0 saturated heterocycles. The highest BCUT2D eigenvalue weighted by Crippen LogP contribution is 2.07. The third-order valence-corrected chi connectivity index (χ3v) is 3.63. The average Bonchev–Trinajstić information content (AvgIpc) is 2.69. The van der Waals surface area contributed by atoms with E-state index >= 15 is 0 Å². The molecule has 0 amide bonds. The van der Waals surface area contributed by atoms with Gasteiger partial charge in [-0.3, -0.25) is 0 Å². The molecule has 0 aliphatic heterocycles. The quantitative estimate of drug-likeness (QED) is 0.784. The molecule has 0 aliphatic rings. The minimum Gasteiger partial charge on any atom is -0.314 e. The van der Waals surface area contributed by atoms with E-state index in [1.165, 1.54) is 11.4 Å². The summed E-state index contributed by atoms with van der Waals surface area (Å²) >= 11 is 1.74. The first kappa shape index (κ1) is 11.7. The Morgan fingerprint density at radius 1 is 1.50 bits per heavy atom. The van der Waals surface area contributed by atoms with Gasteiger partial charge in [0.2, 0.25) is 0 Å². The number of hydrogen-bond donors (Lipinski definition) is 1. The van der Waals surface area contributed by atoms with Crippen molar-refractivity contribution >= 4 is 11.3 Å². The average molecular weight is 212 g/mol. The molecule has 1 N–H and O–H groups in total. The standard InChI is InChI=1S/C11H20N2S/c1-4-9(2)10(3)12-6-5-11-13-7-8-14-11/h7-10,12H,4-6H2,1-3H3. The van der Waals surface area contributed by atoms with E-state index in [0.717, 1.165) is 18.9 Å². The summed E-state index contributed by atoms with van der Waals surface area (Å²) in [5.41, 5.74) is 0. The van der Waals surface area contributed by atoms with E-state index in [4.69, 9.17) is 0 Å². The Morgan fingerprint density at radius 3 is 2.86 bits per heavy atom. The van der Waals surface area contributed by atoms with Gasteiger partial charge in [-0.2, -0.15) is 0 Å². The molecule has 0 spiro atoms. The van der Waals surface area contributed by atoms with Crippen LogP contribution in [-0.2, 0) is 6.42 Å². The highest BCUT2D eigenvalue weighted by molar-refractivity contribution is 7.09. The zero-order valence-electron chi connectivity index (χ0n) is 9.29. The second-order valence-electron chi connectivity index (χ2n) is 3.80. The Kier molecular flexibility index (Phi) is 5.12. The largest absolute Gasteiger partial charge is 0.314 e. The molecule has 1 rings (SSSR count). The molecular formula is C11H20N2S. The molecule has 1 aromatic rings. The summed E-state index contributed by atoms with van der Waals surface area (Å²) in [6, 6.07) is 0.611. The SMILES string of the molecule is CCC(C)C(C)NCCc1nccs1. The molecule has 2 atom stereocenters. The fraction of sp³-hybridized carbons (Fsp3) is 0.727. The summed E-state index contributed by atoms with van der Waals surface area (Å²) in [5.74, 6) is 0.756. The number of nitrogens with one attached hydrogen (secondary N) is 1. The van der Waals surface area contributed by atoms with Crippen LogP contribution in [0.15, 0.2) is 11.6 Å². The Morgan fingerprint density at radius 2 is 2.29 bits per heavy atom. The zero-order chi connectivity index (χ0) is 10.4. The van der Waals surface area contributed by atoms with Crippen LogP contribution >= 0.6 is 11.3 Å². The van der Waals surface area contributed by atoms with Crippen molar-refractivity contribution in [2.75, 3.05) is 6.54 Å². The predicted molar refractivity (Wildman–Crippen MR) is 62.7 cm³/mol. The molecule has 3 heteroatoms. The Labute approximate surface area is 90.8 Å². The Bertz CT molecular complexity index is 233. The molecule has 0 saturated carbocycles. The van der Waals surface area contributed by atoms with Crippen molar-refractivity contribution in [2.24, 2.45) is 5.92 Å². The monoisotopic (exact) mass is 212 g/mol. The molecule has 2 unspecified atom stereocenters. The highest BCUT2D eigenvalue weighted by Gasteiger charge is 2.08. The van der Waals surface area contributed by atoms with Gasteiger partial charge in [0, 0.05) is 30.6 Å². The Balaban J connectivity index is 2.15. The molecule has 0 aliphatic carbocycles. The van der Waals surface area contributed by atoms with Gasteiger partial charge in [0.15, 0.2) is 0 Å². The number of rotatable bonds is 6. The van der Waals surface area contributed by atoms with Gasteiger partial charge in [0.05, 0.1) is 5.01 Å². The first-order valence-corrected chi connectivity index (χ1v) is 6.23.